The molecule has 152 valence electrons. The average molecular weight is 404 g/mol. The maximum absolute atomic E-state index is 12.9. The van der Waals surface area contributed by atoms with Gasteiger partial charge in [0.1, 0.15) is 23.5 Å². The summed E-state index contributed by atoms with van der Waals surface area (Å²) in [5.41, 5.74) is 3.47. The first-order valence-corrected chi connectivity index (χ1v) is 9.27. The average Bonchev–Trinajstić information content (AvgIpc) is 3.40. The van der Waals surface area contributed by atoms with Gasteiger partial charge in [0.2, 0.25) is 0 Å². The number of aryl methyl sites for hydroxylation is 1. The van der Waals surface area contributed by atoms with E-state index in [9.17, 15) is 15.0 Å². The molecular weight excluding hydrogens is 384 g/mol. The number of hydrogen-bond acceptors (Lipinski definition) is 6. The Balaban J connectivity index is 1.74. The normalized spacial score (nSPS) is 10.9. The van der Waals surface area contributed by atoms with E-state index in [0.29, 0.717) is 17.0 Å². The van der Waals surface area contributed by atoms with E-state index in [1.54, 1.807) is 30.1 Å². The van der Waals surface area contributed by atoms with Gasteiger partial charge in [-0.3, -0.25) is 4.79 Å². The lowest BCUT2D eigenvalue weighted by Crippen LogP contribution is -2.26. The fraction of sp³-hybridized carbons (Fsp3) is 0.136. The molecule has 0 aliphatic rings. The Morgan fingerprint density at radius 2 is 1.93 bits per heavy atom. The SMILES string of the molecule is Cc1ccccc1-n1nccc1-c1cc(C(=O)N(C)Cc2ccon2)c(O)cc1O. The zero-order valence-corrected chi connectivity index (χ0v) is 16.5. The molecule has 0 radical (unpaired) electrons. The van der Waals surface area contributed by atoms with Gasteiger partial charge in [-0.1, -0.05) is 23.4 Å². The first-order chi connectivity index (χ1) is 14.5. The molecular formula is C22H20N4O4. The Morgan fingerprint density at radius 3 is 2.67 bits per heavy atom. The second kappa shape index (κ2) is 7.75. The molecule has 0 spiro atoms. The van der Waals surface area contributed by atoms with Crippen LogP contribution in [0.15, 0.2) is 65.5 Å². The van der Waals surface area contributed by atoms with Crippen LogP contribution in [0.1, 0.15) is 21.6 Å². The van der Waals surface area contributed by atoms with Crippen molar-refractivity contribution in [2.75, 3.05) is 7.05 Å². The van der Waals surface area contributed by atoms with Crippen molar-refractivity contribution in [3.63, 3.8) is 0 Å². The van der Waals surface area contributed by atoms with Gasteiger partial charge in [0.25, 0.3) is 5.91 Å². The molecule has 0 aliphatic carbocycles. The predicted octanol–water partition coefficient (Wildman–Crippen LogP) is 3.52. The summed E-state index contributed by atoms with van der Waals surface area (Å²) in [6.07, 6.45) is 3.04. The number of aromatic nitrogens is 3. The molecule has 4 rings (SSSR count). The van der Waals surface area contributed by atoms with Gasteiger partial charge in [-0.2, -0.15) is 5.10 Å². The monoisotopic (exact) mass is 404 g/mol. The van der Waals surface area contributed by atoms with Crippen LogP contribution in [-0.2, 0) is 6.54 Å². The number of hydrogen-bond donors (Lipinski definition) is 2. The van der Waals surface area contributed by atoms with E-state index in [2.05, 4.69) is 10.3 Å². The number of carbonyl (C=O) groups is 1. The van der Waals surface area contributed by atoms with Crippen LogP contribution in [0, 0.1) is 6.92 Å². The van der Waals surface area contributed by atoms with Gasteiger partial charge in [-0.25, -0.2) is 4.68 Å². The Morgan fingerprint density at radius 1 is 1.13 bits per heavy atom. The van der Waals surface area contributed by atoms with Crippen LogP contribution in [0.5, 0.6) is 11.5 Å². The van der Waals surface area contributed by atoms with Crippen LogP contribution in [0.3, 0.4) is 0 Å². The summed E-state index contributed by atoms with van der Waals surface area (Å²) < 4.78 is 6.48. The summed E-state index contributed by atoms with van der Waals surface area (Å²) >= 11 is 0. The summed E-state index contributed by atoms with van der Waals surface area (Å²) in [6, 6.07) is 13.8. The molecule has 0 bridgehead atoms. The second-order valence-corrected chi connectivity index (χ2v) is 6.95. The number of carbonyl (C=O) groups excluding carboxylic acids is 1. The molecule has 2 aromatic carbocycles. The van der Waals surface area contributed by atoms with Gasteiger partial charge in [-0.15, -0.1) is 0 Å². The topological polar surface area (TPSA) is 105 Å². The standard InChI is InChI=1S/C22H20N4O4/c1-14-5-3-4-6-18(14)26-19(7-9-23-26)16-11-17(21(28)12-20(16)27)22(29)25(2)13-15-8-10-30-24-15/h3-12,27-28H,13H2,1-2H3. The van der Waals surface area contributed by atoms with Gasteiger partial charge < -0.3 is 19.6 Å². The molecule has 4 aromatic rings. The van der Waals surface area contributed by atoms with Gasteiger partial charge in [0.05, 0.1) is 29.7 Å². The maximum atomic E-state index is 12.9. The highest BCUT2D eigenvalue weighted by atomic mass is 16.5. The Labute approximate surface area is 172 Å². The lowest BCUT2D eigenvalue weighted by Gasteiger charge is -2.18. The molecule has 2 heterocycles. The molecule has 8 nitrogen and oxygen atoms in total. The van der Waals surface area contributed by atoms with Crippen molar-refractivity contribution in [3.8, 4) is 28.4 Å². The highest BCUT2D eigenvalue weighted by molar-refractivity contribution is 5.98. The van der Waals surface area contributed by atoms with Crippen molar-refractivity contribution in [1.82, 2.24) is 19.8 Å². The van der Waals surface area contributed by atoms with Gasteiger partial charge in [0, 0.05) is 24.7 Å². The lowest BCUT2D eigenvalue weighted by molar-refractivity contribution is 0.0779. The van der Waals surface area contributed by atoms with Gasteiger partial charge >= 0.3 is 0 Å². The number of amides is 1. The second-order valence-electron chi connectivity index (χ2n) is 6.95. The summed E-state index contributed by atoms with van der Waals surface area (Å²) in [5.74, 6) is -0.882. The minimum Gasteiger partial charge on any atom is -0.507 e. The van der Waals surface area contributed by atoms with Crippen molar-refractivity contribution in [3.05, 3.63) is 77.8 Å². The molecule has 0 saturated carbocycles. The van der Waals surface area contributed by atoms with E-state index >= 15 is 0 Å². The smallest absolute Gasteiger partial charge is 0.257 e. The molecule has 30 heavy (non-hydrogen) atoms. The minimum atomic E-state index is -0.418. The number of rotatable bonds is 5. The Bertz CT molecular complexity index is 1200. The maximum Gasteiger partial charge on any atom is 0.257 e. The highest BCUT2D eigenvalue weighted by Gasteiger charge is 2.22. The molecule has 0 aliphatic heterocycles. The van der Waals surface area contributed by atoms with Crippen LogP contribution in [0.4, 0.5) is 0 Å². The van der Waals surface area contributed by atoms with Crippen molar-refractivity contribution in [2.24, 2.45) is 0 Å². The van der Waals surface area contributed by atoms with Crippen molar-refractivity contribution < 1.29 is 19.5 Å². The molecule has 8 heteroatoms. The van der Waals surface area contributed by atoms with Gasteiger partial charge in [-0.05, 0) is 30.7 Å². The number of phenolic OH excluding ortho intramolecular Hbond substituents is 2. The van der Waals surface area contributed by atoms with E-state index in [1.165, 1.54) is 23.3 Å². The van der Waals surface area contributed by atoms with Crippen LogP contribution in [-0.4, -0.2) is 43.0 Å². The number of para-hydroxylation sites is 1. The molecule has 2 aromatic heterocycles. The summed E-state index contributed by atoms with van der Waals surface area (Å²) in [5, 5.41) is 29.0. The van der Waals surface area contributed by atoms with Crippen LogP contribution >= 0.6 is 0 Å². The predicted molar refractivity (Wildman–Crippen MR) is 109 cm³/mol. The van der Waals surface area contributed by atoms with Crippen LogP contribution < -0.4 is 0 Å². The summed E-state index contributed by atoms with van der Waals surface area (Å²) in [6.45, 7) is 2.18. The Kier molecular flexibility index (Phi) is 4.97. The number of phenols is 2. The van der Waals surface area contributed by atoms with Crippen molar-refractivity contribution in [2.45, 2.75) is 13.5 Å². The third-order valence-electron chi connectivity index (χ3n) is 4.84. The van der Waals surface area contributed by atoms with E-state index in [1.807, 2.05) is 31.2 Å². The quantitative estimate of drug-likeness (QED) is 0.527. The number of nitrogens with zero attached hydrogens (tertiary/aromatic N) is 4. The van der Waals surface area contributed by atoms with E-state index < -0.39 is 5.91 Å². The molecule has 0 unspecified atom stereocenters. The fourth-order valence-corrected chi connectivity index (χ4v) is 3.29. The summed E-state index contributed by atoms with van der Waals surface area (Å²) in [4.78, 5) is 14.3. The molecule has 0 atom stereocenters. The van der Waals surface area contributed by atoms with E-state index in [0.717, 1.165) is 11.3 Å². The van der Waals surface area contributed by atoms with Crippen LogP contribution in [0.2, 0.25) is 0 Å². The highest BCUT2D eigenvalue weighted by Crippen LogP contribution is 2.36. The molecule has 1 amide bonds. The first-order valence-electron chi connectivity index (χ1n) is 9.27. The number of aromatic hydroxyl groups is 2. The zero-order valence-electron chi connectivity index (χ0n) is 16.5. The third-order valence-corrected chi connectivity index (χ3v) is 4.84. The third kappa shape index (κ3) is 3.50. The fourth-order valence-electron chi connectivity index (χ4n) is 3.29. The Hall–Kier alpha value is -4.07. The molecule has 0 saturated heterocycles. The van der Waals surface area contributed by atoms with E-state index in [-0.39, 0.29) is 23.6 Å². The lowest BCUT2D eigenvalue weighted by atomic mass is 10.0. The van der Waals surface area contributed by atoms with Crippen molar-refractivity contribution >= 4 is 5.91 Å². The number of benzene rings is 2. The molecule has 2 N–H and O–H groups in total. The minimum absolute atomic E-state index is 0.0614. The largest absolute Gasteiger partial charge is 0.507 e. The van der Waals surface area contributed by atoms with E-state index in [4.69, 9.17) is 4.52 Å². The summed E-state index contributed by atoms with van der Waals surface area (Å²) in [7, 11) is 1.60. The molecule has 0 fully saturated rings. The van der Waals surface area contributed by atoms with Crippen molar-refractivity contribution in [1.29, 1.82) is 0 Å². The zero-order chi connectivity index (χ0) is 21.3. The van der Waals surface area contributed by atoms with Crippen LogP contribution in [0.25, 0.3) is 16.9 Å². The first kappa shape index (κ1) is 19.3. The van der Waals surface area contributed by atoms with Gasteiger partial charge in [0.15, 0.2) is 0 Å².